The lowest BCUT2D eigenvalue weighted by atomic mass is 9.98. The fourth-order valence-corrected chi connectivity index (χ4v) is 2.65. The van der Waals surface area contributed by atoms with Gasteiger partial charge in [0.05, 0.1) is 0 Å². The highest BCUT2D eigenvalue weighted by Gasteiger charge is 2.11. The molecule has 1 aliphatic heterocycles. The molecule has 0 saturated carbocycles. The molecule has 1 fully saturated rings. The maximum Gasteiger partial charge on any atom is -0.00649 e. The van der Waals surface area contributed by atoms with Gasteiger partial charge in [-0.05, 0) is 30.3 Å². The Labute approximate surface area is 76.1 Å². The number of hydrogen-bond donors (Lipinski definition) is 0. The number of thioether (sulfide) groups is 1. The summed E-state index contributed by atoms with van der Waals surface area (Å²) in [6.45, 7) is 6.29. The highest BCUT2D eigenvalue weighted by atomic mass is 32.2. The largest absolute Gasteiger partial charge is 0.162 e. The Morgan fingerprint density at radius 1 is 1.18 bits per heavy atom. The van der Waals surface area contributed by atoms with E-state index in [-0.39, 0.29) is 0 Å². The molecule has 0 bridgehead atoms. The summed E-state index contributed by atoms with van der Waals surface area (Å²) in [5.74, 6) is 3.92. The van der Waals surface area contributed by atoms with E-state index < -0.39 is 0 Å². The summed E-state index contributed by atoms with van der Waals surface area (Å²) in [7, 11) is 0. The number of hydrogen-bond acceptors (Lipinski definition) is 1. The molecule has 0 aliphatic carbocycles. The molecule has 1 saturated heterocycles. The van der Waals surface area contributed by atoms with Gasteiger partial charge in [0, 0.05) is 0 Å². The van der Waals surface area contributed by atoms with Crippen molar-refractivity contribution in [1.29, 1.82) is 0 Å². The summed E-state index contributed by atoms with van der Waals surface area (Å²) < 4.78 is 0. The predicted octanol–water partition coefficient (Wildman–Crippen LogP) is 3.96. The molecule has 0 radical (unpaired) electrons. The second-order valence-electron chi connectivity index (χ2n) is 2.84. The Balaban J connectivity index is 0.000000461. The van der Waals surface area contributed by atoms with Crippen molar-refractivity contribution >= 4 is 11.8 Å². The third-order valence-corrected chi connectivity index (χ3v) is 3.09. The summed E-state index contributed by atoms with van der Waals surface area (Å²) >= 11 is 2.12. The van der Waals surface area contributed by atoms with Crippen LogP contribution in [0.5, 0.6) is 0 Å². The average molecular weight is 174 g/mol. The van der Waals surface area contributed by atoms with Crippen LogP contribution < -0.4 is 0 Å². The molecular formula is C10H22S. The highest BCUT2D eigenvalue weighted by molar-refractivity contribution is 7.99. The molecule has 0 aromatic carbocycles. The van der Waals surface area contributed by atoms with E-state index in [4.69, 9.17) is 0 Å². The molecule has 0 nitrogen and oxygen atoms in total. The molecule has 0 spiro atoms. The second kappa shape index (κ2) is 8.45. The van der Waals surface area contributed by atoms with Crippen LogP contribution in [0.2, 0.25) is 0 Å². The van der Waals surface area contributed by atoms with Crippen LogP contribution in [0.4, 0.5) is 0 Å². The lowest BCUT2D eigenvalue weighted by Crippen LogP contribution is -2.08. The molecule has 1 aliphatic rings. The lowest BCUT2D eigenvalue weighted by Gasteiger charge is -2.19. The minimum atomic E-state index is 1.08. The first-order chi connectivity index (χ1) is 5.43. The lowest BCUT2D eigenvalue weighted by molar-refractivity contribution is 0.449. The van der Waals surface area contributed by atoms with Gasteiger partial charge in [-0.2, -0.15) is 11.8 Å². The van der Waals surface area contributed by atoms with E-state index in [9.17, 15) is 0 Å². The molecular weight excluding hydrogens is 152 g/mol. The minimum Gasteiger partial charge on any atom is -0.162 e. The Hall–Kier alpha value is 0.350. The molecule has 0 aromatic rings. The van der Waals surface area contributed by atoms with E-state index in [1.807, 2.05) is 13.8 Å². The molecule has 0 atom stereocenters. The zero-order chi connectivity index (χ0) is 8.53. The fourth-order valence-electron chi connectivity index (χ4n) is 1.44. The van der Waals surface area contributed by atoms with E-state index in [1.54, 1.807) is 0 Å². The van der Waals surface area contributed by atoms with E-state index >= 15 is 0 Å². The number of rotatable bonds is 2. The van der Waals surface area contributed by atoms with Crippen molar-refractivity contribution in [1.82, 2.24) is 0 Å². The van der Waals surface area contributed by atoms with Gasteiger partial charge in [0.2, 0.25) is 0 Å². The smallest absolute Gasteiger partial charge is 0.00649 e. The first kappa shape index (κ1) is 11.4. The first-order valence-electron chi connectivity index (χ1n) is 5.01. The molecule has 68 valence electrons. The van der Waals surface area contributed by atoms with Crippen LogP contribution in [0, 0.1) is 5.92 Å². The zero-order valence-corrected chi connectivity index (χ0v) is 9.04. The molecule has 0 amide bonds. The Morgan fingerprint density at radius 2 is 1.73 bits per heavy atom. The van der Waals surface area contributed by atoms with Crippen molar-refractivity contribution in [2.45, 2.75) is 46.5 Å². The van der Waals surface area contributed by atoms with Gasteiger partial charge in [-0.15, -0.1) is 0 Å². The van der Waals surface area contributed by atoms with Crippen molar-refractivity contribution in [2.75, 3.05) is 11.5 Å². The van der Waals surface area contributed by atoms with Crippen molar-refractivity contribution in [2.24, 2.45) is 5.92 Å². The van der Waals surface area contributed by atoms with Gasteiger partial charge >= 0.3 is 0 Å². The Bertz CT molecular complexity index is 62.5. The first-order valence-corrected chi connectivity index (χ1v) is 6.16. The van der Waals surface area contributed by atoms with Crippen molar-refractivity contribution in [3.8, 4) is 0 Å². The van der Waals surface area contributed by atoms with Gasteiger partial charge in [0.1, 0.15) is 0 Å². The third kappa shape index (κ3) is 5.60. The summed E-state index contributed by atoms with van der Waals surface area (Å²) in [4.78, 5) is 0. The Morgan fingerprint density at radius 3 is 2.18 bits per heavy atom. The van der Waals surface area contributed by atoms with Crippen LogP contribution in [-0.2, 0) is 0 Å². The van der Waals surface area contributed by atoms with Crippen LogP contribution >= 0.6 is 11.8 Å². The second-order valence-corrected chi connectivity index (χ2v) is 4.07. The zero-order valence-electron chi connectivity index (χ0n) is 8.23. The summed E-state index contributed by atoms with van der Waals surface area (Å²) in [5, 5.41) is 0. The molecule has 0 N–H and O–H groups in total. The normalized spacial score (nSPS) is 18.8. The summed E-state index contributed by atoms with van der Waals surface area (Å²) in [6, 6.07) is 0. The van der Waals surface area contributed by atoms with Gasteiger partial charge in [0.15, 0.2) is 0 Å². The van der Waals surface area contributed by atoms with E-state index in [0.717, 1.165) is 5.92 Å². The molecule has 11 heavy (non-hydrogen) atoms. The van der Waals surface area contributed by atoms with Crippen molar-refractivity contribution in [3.05, 3.63) is 0 Å². The quantitative estimate of drug-likeness (QED) is 0.610. The SMILES string of the molecule is CC.CCCC1CCSCC1. The summed E-state index contributed by atoms with van der Waals surface area (Å²) in [6.07, 6.45) is 5.83. The highest BCUT2D eigenvalue weighted by Crippen LogP contribution is 2.25. The van der Waals surface area contributed by atoms with Gasteiger partial charge in [0.25, 0.3) is 0 Å². The maximum absolute atomic E-state index is 2.29. The topological polar surface area (TPSA) is 0 Å². The van der Waals surface area contributed by atoms with Crippen LogP contribution in [0.15, 0.2) is 0 Å². The van der Waals surface area contributed by atoms with Crippen LogP contribution in [0.25, 0.3) is 0 Å². The molecule has 0 unspecified atom stereocenters. The van der Waals surface area contributed by atoms with Crippen LogP contribution in [0.1, 0.15) is 46.5 Å². The van der Waals surface area contributed by atoms with Gasteiger partial charge < -0.3 is 0 Å². The van der Waals surface area contributed by atoms with Crippen LogP contribution in [-0.4, -0.2) is 11.5 Å². The standard InChI is InChI=1S/C8H16S.C2H6/c1-2-3-8-4-6-9-7-5-8;1-2/h8H,2-7H2,1H3;1-2H3. The molecule has 1 heteroatoms. The van der Waals surface area contributed by atoms with E-state index in [1.165, 1.54) is 37.2 Å². The fraction of sp³-hybridized carbons (Fsp3) is 1.00. The average Bonchev–Trinajstić information content (AvgIpc) is 2.11. The molecule has 1 heterocycles. The summed E-state index contributed by atoms with van der Waals surface area (Å²) in [5.41, 5.74) is 0. The van der Waals surface area contributed by atoms with Gasteiger partial charge in [-0.1, -0.05) is 33.6 Å². The maximum atomic E-state index is 2.29. The minimum absolute atomic E-state index is 1.08. The van der Waals surface area contributed by atoms with E-state index in [2.05, 4.69) is 18.7 Å². The van der Waals surface area contributed by atoms with E-state index in [0.29, 0.717) is 0 Å². The van der Waals surface area contributed by atoms with Crippen LogP contribution in [0.3, 0.4) is 0 Å². The molecule has 0 aromatic heterocycles. The van der Waals surface area contributed by atoms with Crippen molar-refractivity contribution < 1.29 is 0 Å². The van der Waals surface area contributed by atoms with Crippen molar-refractivity contribution in [3.63, 3.8) is 0 Å². The Kier molecular flexibility index (Phi) is 8.72. The predicted molar refractivity (Wildman–Crippen MR) is 56.3 cm³/mol. The molecule has 1 rings (SSSR count). The monoisotopic (exact) mass is 174 g/mol. The van der Waals surface area contributed by atoms with Gasteiger partial charge in [-0.25, -0.2) is 0 Å². The third-order valence-electron chi connectivity index (χ3n) is 2.04. The van der Waals surface area contributed by atoms with Gasteiger partial charge in [-0.3, -0.25) is 0 Å².